The third-order valence-electron chi connectivity index (χ3n) is 0.997. The number of carbonyl (C=O) groups is 1. The maximum Gasteiger partial charge on any atom is 0.391 e. The summed E-state index contributed by atoms with van der Waals surface area (Å²) in [6.07, 6.45) is -5.62. The predicted octanol–water partition coefficient (Wildman–Crippen LogP) is 1.23. The molecule has 2 nitrogen and oxygen atoms in total. The van der Waals surface area contributed by atoms with Gasteiger partial charge >= 0.3 is 6.18 Å². The van der Waals surface area contributed by atoms with Crippen molar-refractivity contribution in [3.63, 3.8) is 0 Å². The Balaban J connectivity index is 3.87. The highest BCUT2D eigenvalue weighted by molar-refractivity contribution is 9.09. The van der Waals surface area contributed by atoms with Crippen LogP contribution in [0.5, 0.6) is 0 Å². The van der Waals surface area contributed by atoms with E-state index in [0.717, 1.165) is 0 Å². The molecule has 0 aromatic carbocycles. The van der Waals surface area contributed by atoms with Crippen LogP contribution in [0.2, 0.25) is 0 Å². The van der Waals surface area contributed by atoms with Crippen molar-refractivity contribution in [3.8, 4) is 0 Å². The molecule has 0 aromatic rings. The molecule has 0 aliphatic rings. The zero-order valence-electron chi connectivity index (χ0n) is 5.49. The average molecular weight is 234 g/mol. The van der Waals surface area contributed by atoms with Gasteiger partial charge in [0.15, 0.2) is 5.78 Å². The van der Waals surface area contributed by atoms with Gasteiger partial charge in [0.25, 0.3) is 0 Å². The normalized spacial score (nSPS) is 14.6. The quantitative estimate of drug-likeness (QED) is 0.746. The van der Waals surface area contributed by atoms with Crippen LogP contribution in [0.15, 0.2) is 0 Å². The number of hydrogen-bond acceptors (Lipinski definition) is 2. The van der Waals surface area contributed by atoms with Crippen molar-refractivity contribution < 1.29 is 18.0 Å². The monoisotopic (exact) mass is 233 g/mol. The first-order valence-corrected chi connectivity index (χ1v) is 3.90. The largest absolute Gasteiger partial charge is 0.391 e. The van der Waals surface area contributed by atoms with E-state index >= 15 is 0 Å². The van der Waals surface area contributed by atoms with E-state index in [1.54, 1.807) is 0 Å². The fourth-order valence-electron chi connectivity index (χ4n) is 0.462. The Kier molecular flexibility index (Phi) is 4.02. The van der Waals surface area contributed by atoms with E-state index in [9.17, 15) is 18.0 Å². The third kappa shape index (κ3) is 5.20. The first kappa shape index (κ1) is 10.9. The van der Waals surface area contributed by atoms with Crippen molar-refractivity contribution in [2.45, 2.75) is 18.6 Å². The van der Waals surface area contributed by atoms with E-state index in [2.05, 4.69) is 15.9 Å². The lowest BCUT2D eigenvalue weighted by molar-refractivity contribution is -0.145. The third-order valence-corrected chi connectivity index (χ3v) is 1.55. The molecule has 0 radical (unpaired) electrons. The van der Waals surface area contributed by atoms with E-state index in [1.165, 1.54) is 0 Å². The number of halogens is 4. The Bertz CT molecular complexity index is 147. The van der Waals surface area contributed by atoms with Gasteiger partial charge < -0.3 is 5.73 Å². The Hall–Kier alpha value is -0.100. The summed E-state index contributed by atoms with van der Waals surface area (Å²) in [4.78, 5) is 10.5. The summed E-state index contributed by atoms with van der Waals surface area (Å²) in [6, 6.07) is -1.44. The van der Waals surface area contributed by atoms with Gasteiger partial charge in [-0.2, -0.15) is 13.2 Å². The van der Waals surface area contributed by atoms with Crippen molar-refractivity contribution in [2.75, 3.05) is 5.33 Å². The molecule has 0 saturated heterocycles. The van der Waals surface area contributed by atoms with Gasteiger partial charge in [-0.1, -0.05) is 15.9 Å². The molecule has 0 fully saturated rings. The maximum atomic E-state index is 11.6. The fourth-order valence-corrected chi connectivity index (χ4v) is 0.878. The van der Waals surface area contributed by atoms with Crippen molar-refractivity contribution in [2.24, 2.45) is 5.73 Å². The van der Waals surface area contributed by atoms with Gasteiger partial charge in [-0.3, -0.25) is 4.79 Å². The molecule has 0 amide bonds. The van der Waals surface area contributed by atoms with Gasteiger partial charge in [-0.15, -0.1) is 0 Å². The zero-order valence-corrected chi connectivity index (χ0v) is 7.08. The number of ketones is 1. The molecule has 66 valence electrons. The fraction of sp³-hybridized carbons (Fsp3) is 0.800. The summed E-state index contributed by atoms with van der Waals surface area (Å²) in [5.74, 6) is -0.637. The lowest BCUT2D eigenvalue weighted by Crippen LogP contribution is -2.35. The minimum Gasteiger partial charge on any atom is -0.321 e. The molecule has 0 saturated carbocycles. The van der Waals surface area contributed by atoms with E-state index < -0.39 is 24.4 Å². The van der Waals surface area contributed by atoms with Crippen LogP contribution in [0, 0.1) is 0 Å². The number of rotatable bonds is 3. The van der Waals surface area contributed by atoms with Gasteiger partial charge in [0.05, 0.1) is 17.8 Å². The van der Waals surface area contributed by atoms with Crippen LogP contribution in [0.3, 0.4) is 0 Å². The molecule has 0 spiro atoms. The SMILES string of the molecule is NC(CC(F)(F)F)C(=O)CBr. The molecule has 0 heterocycles. The van der Waals surface area contributed by atoms with Crippen LogP contribution < -0.4 is 5.73 Å². The van der Waals surface area contributed by atoms with Crippen molar-refractivity contribution in [1.29, 1.82) is 0 Å². The minimum absolute atomic E-state index is 0.135. The van der Waals surface area contributed by atoms with Gasteiger partial charge in [0, 0.05) is 0 Å². The van der Waals surface area contributed by atoms with E-state index in [4.69, 9.17) is 5.73 Å². The second-order valence-electron chi connectivity index (χ2n) is 2.03. The highest BCUT2D eigenvalue weighted by atomic mass is 79.9. The molecular formula is C5H7BrF3NO. The first-order valence-electron chi connectivity index (χ1n) is 2.78. The van der Waals surface area contributed by atoms with Crippen molar-refractivity contribution in [1.82, 2.24) is 0 Å². The number of nitrogens with two attached hydrogens (primary N) is 1. The van der Waals surface area contributed by atoms with Gasteiger partial charge in [0.2, 0.25) is 0 Å². The van der Waals surface area contributed by atoms with Crippen molar-refractivity contribution in [3.05, 3.63) is 0 Å². The summed E-state index contributed by atoms with van der Waals surface area (Å²) in [5.41, 5.74) is 4.91. The molecule has 0 bridgehead atoms. The molecule has 1 atom stereocenters. The van der Waals surface area contributed by atoms with Crippen molar-refractivity contribution >= 4 is 21.7 Å². The molecule has 0 aromatic heterocycles. The van der Waals surface area contributed by atoms with E-state index in [1.807, 2.05) is 0 Å². The van der Waals surface area contributed by atoms with Gasteiger partial charge in [-0.05, 0) is 0 Å². The molecule has 11 heavy (non-hydrogen) atoms. The summed E-state index contributed by atoms with van der Waals surface area (Å²) >= 11 is 2.73. The number of carbonyl (C=O) groups excluding carboxylic acids is 1. The smallest absolute Gasteiger partial charge is 0.321 e. The number of Topliss-reactive ketones (excluding diaryl/α,β-unsaturated/α-hetero) is 1. The Morgan fingerprint density at radius 1 is 1.55 bits per heavy atom. The molecule has 2 N–H and O–H groups in total. The van der Waals surface area contributed by atoms with Crippen LogP contribution in [-0.2, 0) is 4.79 Å². The maximum absolute atomic E-state index is 11.6. The second-order valence-corrected chi connectivity index (χ2v) is 2.59. The molecule has 0 rings (SSSR count). The molecule has 1 unspecified atom stereocenters. The van der Waals surface area contributed by atoms with Crippen LogP contribution >= 0.6 is 15.9 Å². The highest BCUT2D eigenvalue weighted by Crippen LogP contribution is 2.21. The molecular weight excluding hydrogens is 227 g/mol. The van der Waals surface area contributed by atoms with E-state index in [0.29, 0.717) is 0 Å². The van der Waals surface area contributed by atoms with Crippen LogP contribution in [0.1, 0.15) is 6.42 Å². The summed E-state index contributed by atoms with van der Waals surface area (Å²) in [6.45, 7) is 0. The average Bonchev–Trinajstić information content (AvgIpc) is 1.82. The molecule has 0 aliphatic carbocycles. The zero-order chi connectivity index (χ0) is 9.07. The van der Waals surface area contributed by atoms with Crippen LogP contribution in [0.25, 0.3) is 0 Å². The predicted molar refractivity (Wildman–Crippen MR) is 37.4 cm³/mol. The minimum atomic E-state index is -4.36. The standard InChI is InChI=1S/C5H7BrF3NO/c6-2-4(11)3(10)1-5(7,8)9/h3H,1-2,10H2. The number of alkyl halides is 4. The van der Waals surface area contributed by atoms with E-state index in [-0.39, 0.29) is 5.33 Å². The molecule has 6 heteroatoms. The Morgan fingerprint density at radius 3 is 2.27 bits per heavy atom. The van der Waals surface area contributed by atoms with Crippen LogP contribution in [0.4, 0.5) is 13.2 Å². The molecule has 0 aliphatic heterocycles. The summed E-state index contributed by atoms with van der Waals surface area (Å²) in [5, 5.41) is -0.135. The topological polar surface area (TPSA) is 43.1 Å². The highest BCUT2D eigenvalue weighted by Gasteiger charge is 2.32. The van der Waals surface area contributed by atoms with Gasteiger partial charge in [0.1, 0.15) is 0 Å². The number of hydrogen-bond donors (Lipinski definition) is 1. The van der Waals surface area contributed by atoms with Crippen LogP contribution in [-0.4, -0.2) is 23.3 Å². The summed E-state index contributed by atoms with van der Waals surface area (Å²) in [7, 11) is 0. The Morgan fingerprint density at radius 2 is 2.00 bits per heavy atom. The first-order chi connectivity index (χ1) is 4.87. The lowest BCUT2D eigenvalue weighted by Gasteiger charge is -2.10. The Labute approximate surface area is 70.1 Å². The summed E-state index contributed by atoms with van der Waals surface area (Å²) < 4.78 is 34.7. The lowest BCUT2D eigenvalue weighted by atomic mass is 10.1. The van der Waals surface area contributed by atoms with Gasteiger partial charge in [-0.25, -0.2) is 0 Å². The second kappa shape index (κ2) is 4.06.